The summed E-state index contributed by atoms with van der Waals surface area (Å²) in [4.78, 5) is 36.1. The average molecular weight is 275 g/mol. The van der Waals surface area contributed by atoms with Gasteiger partial charge in [-0.2, -0.15) is 0 Å². The van der Waals surface area contributed by atoms with Crippen LogP contribution in [0.15, 0.2) is 18.2 Å². The standard InChI is InChI=1S/C14H17N3O3/c1-8-5-10(13(15)19)3-4-11(8)7-17-12(18)6-16-9(2)14(17)20/h3-5,9,16H,6-7H2,1-2H3,(H2,15,19). The van der Waals surface area contributed by atoms with Gasteiger partial charge < -0.3 is 5.73 Å². The maximum Gasteiger partial charge on any atom is 0.248 e. The quantitative estimate of drug-likeness (QED) is 0.756. The van der Waals surface area contributed by atoms with Gasteiger partial charge in [-0.3, -0.25) is 24.6 Å². The molecule has 0 aliphatic carbocycles. The predicted octanol–water partition coefficient (Wildman–Crippen LogP) is -0.0592. The van der Waals surface area contributed by atoms with E-state index in [4.69, 9.17) is 5.73 Å². The first-order valence-corrected chi connectivity index (χ1v) is 6.37. The summed E-state index contributed by atoms with van der Waals surface area (Å²) in [6, 6.07) is 4.63. The molecule has 1 aliphatic heterocycles. The smallest absolute Gasteiger partial charge is 0.248 e. The van der Waals surface area contributed by atoms with Gasteiger partial charge in [-0.1, -0.05) is 6.07 Å². The van der Waals surface area contributed by atoms with Crippen LogP contribution in [0.4, 0.5) is 0 Å². The van der Waals surface area contributed by atoms with Gasteiger partial charge in [0.15, 0.2) is 0 Å². The molecule has 3 N–H and O–H groups in total. The zero-order valence-electron chi connectivity index (χ0n) is 11.5. The highest BCUT2D eigenvalue weighted by Crippen LogP contribution is 2.15. The van der Waals surface area contributed by atoms with Gasteiger partial charge >= 0.3 is 0 Å². The lowest BCUT2D eigenvalue weighted by atomic mass is 10.0. The summed E-state index contributed by atoms with van der Waals surface area (Å²) in [5.74, 6) is -0.978. The molecule has 1 fully saturated rings. The van der Waals surface area contributed by atoms with Crippen LogP contribution in [0.5, 0.6) is 0 Å². The van der Waals surface area contributed by atoms with Gasteiger partial charge in [0.2, 0.25) is 17.7 Å². The van der Waals surface area contributed by atoms with E-state index in [0.717, 1.165) is 11.1 Å². The lowest BCUT2D eigenvalue weighted by Gasteiger charge is -2.30. The minimum atomic E-state index is -0.498. The number of benzene rings is 1. The molecule has 1 aromatic rings. The highest BCUT2D eigenvalue weighted by molar-refractivity contribution is 6.01. The minimum Gasteiger partial charge on any atom is -0.366 e. The van der Waals surface area contributed by atoms with Crippen molar-refractivity contribution in [1.29, 1.82) is 0 Å². The van der Waals surface area contributed by atoms with Crippen molar-refractivity contribution in [3.8, 4) is 0 Å². The van der Waals surface area contributed by atoms with E-state index < -0.39 is 5.91 Å². The third kappa shape index (κ3) is 2.70. The van der Waals surface area contributed by atoms with Crippen molar-refractivity contribution in [2.24, 2.45) is 5.73 Å². The number of aryl methyl sites for hydroxylation is 1. The molecule has 1 aromatic carbocycles. The van der Waals surface area contributed by atoms with Gasteiger partial charge in [-0.15, -0.1) is 0 Å². The van der Waals surface area contributed by atoms with Gasteiger partial charge in [-0.25, -0.2) is 0 Å². The van der Waals surface area contributed by atoms with Crippen LogP contribution in [0.2, 0.25) is 0 Å². The van der Waals surface area contributed by atoms with E-state index in [9.17, 15) is 14.4 Å². The number of carbonyl (C=O) groups is 3. The van der Waals surface area contributed by atoms with E-state index in [1.807, 2.05) is 6.92 Å². The van der Waals surface area contributed by atoms with Crippen molar-refractivity contribution in [1.82, 2.24) is 10.2 Å². The zero-order chi connectivity index (χ0) is 14.9. The number of primary amides is 1. The normalized spacial score (nSPS) is 19.3. The van der Waals surface area contributed by atoms with E-state index in [1.165, 1.54) is 4.90 Å². The Hall–Kier alpha value is -2.21. The Morgan fingerprint density at radius 2 is 2.15 bits per heavy atom. The maximum absolute atomic E-state index is 12.0. The molecule has 1 aliphatic rings. The summed E-state index contributed by atoms with van der Waals surface area (Å²) < 4.78 is 0. The Kier molecular flexibility index (Phi) is 3.85. The number of carbonyl (C=O) groups excluding carboxylic acids is 3. The van der Waals surface area contributed by atoms with Crippen LogP contribution < -0.4 is 11.1 Å². The number of nitrogens with two attached hydrogens (primary N) is 1. The summed E-state index contributed by atoms with van der Waals surface area (Å²) in [5, 5.41) is 2.83. The van der Waals surface area contributed by atoms with Gasteiger partial charge in [0.1, 0.15) is 0 Å². The summed E-state index contributed by atoms with van der Waals surface area (Å²) in [6.07, 6.45) is 0. The molecule has 20 heavy (non-hydrogen) atoms. The van der Waals surface area contributed by atoms with Crippen molar-refractivity contribution in [2.45, 2.75) is 26.4 Å². The molecular weight excluding hydrogens is 258 g/mol. The van der Waals surface area contributed by atoms with Crippen LogP contribution in [0.1, 0.15) is 28.4 Å². The fraction of sp³-hybridized carbons (Fsp3) is 0.357. The molecule has 0 bridgehead atoms. The van der Waals surface area contributed by atoms with E-state index >= 15 is 0 Å². The number of imide groups is 1. The molecule has 0 radical (unpaired) electrons. The molecule has 2 rings (SSSR count). The first-order chi connectivity index (χ1) is 9.40. The largest absolute Gasteiger partial charge is 0.366 e. The minimum absolute atomic E-state index is 0.158. The monoisotopic (exact) mass is 275 g/mol. The number of hydrogen-bond donors (Lipinski definition) is 2. The molecule has 106 valence electrons. The highest BCUT2D eigenvalue weighted by Gasteiger charge is 2.31. The third-order valence-electron chi connectivity index (χ3n) is 3.45. The van der Waals surface area contributed by atoms with Crippen LogP contribution >= 0.6 is 0 Å². The number of nitrogens with one attached hydrogen (secondary N) is 1. The average Bonchev–Trinajstić information content (AvgIpc) is 2.40. The molecule has 0 saturated carbocycles. The van der Waals surface area contributed by atoms with Crippen LogP contribution in [0.25, 0.3) is 0 Å². The fourth-order valence-corrected chi connectivity index (χ4v) is 2.14. The second-order valence-corrected chi connectivity index (χ2v) is 4.93. The van der Waals surface area contributed by atoms with Crippen LogP contribution in [0, 0.1) is 6.92 Å². The van der Waals surface area contributed by atoms with E-state index in [-0.39, 0.29) is 30.9 Å². The fourth-order valence-electron chi connectivity index (χ4n) is 2.14. The lowest BCUT2D eigenvalue weighted by molar-refractivity contribution is -0.149. The Morgan fingerprint density at radius 3 is 2.75 bits per heavy atom. The molecular formula is C14H17N3O3. The second-order valence-electron chi connectivity index (χ2n) is 4.93. The summed E-state index contributed by atoms with van der Waals surface area (Å²) >= 11 is 0. The van der Waals surface area contributed by atoms with E-state index in [1.54, 1.807) is 25.1 Å². The summed E-state index contributed by atoms with van der Waals surface area (Å²) in [7, 11) is 0. The first-order valence-electron chi connectivity index (χ1n) is 6.37. The molecule has 6 nitrogen and oxygen atoms in total. The topological polar surface area (TPSA) is 92.5 Å². The maximum atomic E-state index is 12.0. The summed E-state index contributed by atoms with van der Waals surface area (Å²) in [5.41, 5.74) is 7.28. The van der Waals surface area contributed by atoms with Crippen molar-refractivity contribution in [3.63, 3.8) is 0 Å². The SMILES string of the molecule is Cc1cc(C(N)=O)ccc1CN1C(=O)CNC(C)C1=O. The molecule has 0 aromatic heterocycles. The molecule has 3 amide bonds. The number of hydrogen-bond acceptors (Lipinski definition) is 4. The van der Waals surface area contributed by atoms with Crippen LogP contribution in [-0.4, -0.2) is 35.2 Å². The molecule has 1 unspecified atom stereocenters. The Balaban J connectivity index is 2.23. The van der Waals surface area contributed by atoms with Crippen molar-refractivity contribution in [3.05, 3.63) is 34.9 Å². The molecule has 1 saturated heterocycles. The number of amides is 3. The van der Waals surface area contributed by atoms with Gasteiger partial charge in [0.05, 0.1) is 19.1 Å². The number of nitrogens with zero attached hydrogens (tertiary/aromatic N) is 1. The zero-order valence-corrected chi connectivity index (χ0v) is 11.5. The molecule has 1 heterocycles. The lowest BCUT2D eigenvalue weighted by Crippen LogP contribution is -2.56. The van der Waals surface area contributed by atoms with Gasteiger partial charge in [-0.05, 0) is 37.1 Å². The Bertz CT molecular complexity index is 583. The second kappa shape index (κ2) is 5.42. The first kappa shape index (κ1) is 14.2. The molecule has 0 spiro atoms. The van der Waals surface area contributed by atoms with Crippen molar-refractivity contribution >= 4 is 17.7 Å². The molecule has 1 atom stereocenters. The van der Waals surface area contributed by atoms with Gasteiger partial charge in [0.25, 0.3) is 0 Å². The third-order valence-corrected chi connectivity index (χ3v) is 3.45. The summed E-state index contributed by atoms with van der Waals surface area (Å²) in [6.45, 7) is 3.92. The Labute approximate surface area is 116 Å². The molecule has 6 heteroatoms. The van der Waals surface area contributed by atoms with Gasteiger partial charge in [0, 0.05) is 5.56 Å². The van der Waals surface area contributed by atoms with Crippen molar-refractivity contribution < 1.29 is 14.4 Å². The number of rotatable bonds is 3. The van der Waals surface area contributed by atoms with Crippen LogP contribution in [-0.2, 0) is 16.1 Å². The van der Waals surface area contributed by atoms with Crippen molar-refractivity contribution in [2.75, 3.05) is 6.54 Å². The van der Waals surface area contributed by atoms with E-state index in [0.29, 0.717) is 5.56 Å². The predicted molar refractivity (Wildman–Crippen MR) is 72.7 cm³/mol. The number of piperazine rings is 1. The Morgan fingerprint density at radius 1 is 1.45 bits per heavy atom. The highest BCUT2D eigenvalue weighted by atomic mass is 16.2. The van der Waals surface area contributed by atoms with E-state index in [2.05, 4.69) is 5.32 Å². The van der Waals surface area contributed by atoms with Crippen LogP contribution in [0.3, 0.4) is 0 Å².